The summed E-state index contributed by atoms with van der Waals surface area (Å²) in [5.41, 5.74) is 17.6. The van der Waals surface area contributed by atoms with Crippen LogP contribution >= 0.6 is 0 Å². The number of nitrogens with one attached hydrogen (secondary N) is 9. The number of aliphatic imine (C=N–C) groups is 1. The number of carbonyl (C=O) groups excluding carboxylic acids is 8. The number of aliphatic hydroxyl groups is 1. The molecular formula is C44H70N14O12. The molecule has 0 spiro atoms. The van der Waals surface area contributed by atoms with Crippen LogP contribution in [0, 0.1) is 11.8 Å². The fraction of sp³-hybridized carbons (Fsp3) is 0.568. The van der Waals surface area contributed by atoms with Crippen LogP contribution in [0.4, 0.5) is 0 Å². The van der Waals surface area contributed by atoms with E-state index in [9.17, 15) is 58.5 Å². The summed E-state index contributed by atoms with van der Waals surface area (Å²) < 4.78 is 0. The van der Waals surface area contributed by atoms with Crippen LogP contribution in [0.25, 0.3) is 0 Å². The van der Waals surface area contributed by atoms with Crippen LogP contribution in [-0.4, -0.2) is 153 Å². The van der Waals surface area contributed by atoms with E-state index in [-0.39, 0.29) is 68.6 Å². The summed E-state index contributed by atoms with van der Waals surface area (Å²) in [5.74, 6) is -8.28. The minimum atomic E-state index is -1.60. The van der Waals surface area contributed by atoms with Gasteiger partial charge in [0.2, 0.25) is 47.3 Å². The number of guanidine groups is 1. The number of benzene rings is 1. The van der Waals surface area contributed by atoms with Gasteiger partial charge in [0, 0.05) is 24.9 Å². The maximum Gasteiger partial charge on any atom is 0.326 e. The van der Waals surface area contributed by atoms with Crippen LogP contribution in [-0.2, 0) is 56.0 Å². The molecule has 1 aromatic heterocycles. The highest BCUT2D eigenvalue weighted by atomic mass is 16.4. The highest BCUT2D eigenvalue weighted by Gasteiger charge is 2.33. The number of hydrogen-bond acceptors (Lipinski definition) is 14. The first kappa shape index (κ1) is 58.8. The molecule has 18 N–H and O–H groups in total. The van der Waals surface area contributed by atoms with Gasteiger partial charge in [-0.3, -0.25) is 43.3 Å². The van der Waals surface area contributed by atoms with E-state index in [0.29, 0.717) is 11.3 Å². The number of rotatable bonds is 30. The normalized spacial score (nSPS) is 14.5. The summed E-state index contributed by atoms with van der Waals surface area (Å²) >= 11 is 0. The number of aromatic amines is 1. The smallest absolute Gasteiger partial charge is 0.326 e. The average molecular weight is 987 g/mol. The van der Waals surface area contributed by atoms with Crippen molar-refractivity contribution in [3.05, 3.63) is 48.0 Å². The van der Waals surface area contributed by atoms with E-state index >= 15 is 0 Å². The Bertz CT molecular complexity index is 2100. The van der Waals surface area contributed by atoms with Crippen LogP contribution in [0.15, 0.2) is 41.8 Å². The van der Waals surface area contributed by atoms with Gasteiger partial charge in [0.25, 0.3) is 0 Å². The molecule has 1 aromatic carbocycles. The molecule has 0 bridgehead atoms. The maximum absolute atomic E-state index is 13.9. The second kappa shape index (κ2) is 29.5. The quantitative estimate of drug-likeness (QED) is 0.0202. The number of aliphatic carboxylic acids is 1. The molecule has 0 aliphatic carbocycles. The van der Waals surface area contributed by atoms with E-state index in [1.54, 1.807) is 39.8 Å². The summed E-state index contributed by atoms with van der Waals surface area (Å²) in [6.45, 7) is 8.37. The molecule has 26 nitrogen and oxygen atoms in total. The van der Waals surface area contributed by atoms with E-state index in [0.717, 1.165) is 0 Å². The van der Waals surface area contributed by atoms with E-state index < -0.39 is 115 Å². The summed E-state index contributed by atoms with van der Waals surface area (Å²) in [5, 5.41) is 48.9. The molecule has 8 atom stereocenters. The Morgan fingerprint density at radius 1 is 0.657 bits per heavy atom. The zero-order valence-corrected chi connectivity index (χ0v) is 40.2. The lowest BCUT2D eigenvalue weighted by Crippen LogP contribution is -2.60. The number of phenolic OH excluding ortho intramolecular Hbond substituents is 1. The van der Waals surface area contributed by atoms with E-state index in [1.807, 2.05) is 0 Å². The number of carbonyl (C=O) groups is 9. The van der Waals surface area contributed by atoms with Crippen molar-refractivity contribution < 1.29 is 58.5 Å². The zero-order chi connectivity index (χ0) is 52.7. The van der Waals surface area contributed by atoms with Gasteiger partial charge in [0.15, 0.2) is 5.96 Å². The molecule has 2 rings (SSSR count). The molecule has 70 heavy (non-hydrogen) atoms. The third-order valence-electron chi connectivity index (χ3n) is 10.3. The third-order valence-corrected chi connectivity index (χ3v) is 10.3. The van der Waals surface area contributed by atoms with Crippen molar-refractivity contribution in [3.63, 3.8) is 0 Å². The zero-order valence-electron chi connectivity index (χ0n) is 40.2. The van der Waals surface area contributed by atoms with Crippen molar-refractivity contribution in [2.75, 3.05) is 19.7 Å². The monoisotopic (exact) mass is 987 g/mol. The average Bonchev–Trinajstić information content (AvgIpc) is 3.80. The molecule has 8 amide bonds. The van der Waals surface area contributed by atoms with Crippen LogP contribution in [0.1, 0.15) is 78.5 Å². The highest BCUT2D eigenvalue weighted by molar-refractivity contribution is 5.97. The van der Waals surface area contributed by atoms with Crippen molar-refractivity contribution in [1.29, 1.82) is 0 Å². The highest BCUT2D eigenvalue weighted by Crippen LogP contribution is 2.12. The number of amides is 8. The molecular weight excluding hydrogens is 917 g/mol. The lowest BCUT2D eigenvalue weighted by molar-refractivity contribution is -0.142. The molecule has 26 heteroatoms. The molecule has 0 saturated heterocycles. The lowest BCUT2D eigenvalue weighted by atomic mass is 10.0. The second-order valence-corrected chi connectivity index (χ2v) is 17.5. The summed E-state index contributed by atoms with van der Waals surface area (Å²) in [4.78, 5) is 129. The number of aromatic hydroxyl groups is 1. The number of aromatic nitrogens is 2. The number of H-pyrrole nitrogens is 1. The van der Waals surface area contributed by atoms with Gasteiger partial charge in [-0.25, -0.2) is 9.78 Å². The Morgan fingerprint density at radius 2 is 1.17 bits per heavy atom. The van der Waals surface area contributed by atoms with Crippen LogP contribution in [0.3, 0.4) is 0 Å². The first-order valence-corrected chi connectivity index (χ1v) is 22.7. The predicted molar refractivity (Wildman–Crippen MR) is 253 cm³/mol. The van der Waals surface area contributed by atoms with Crippen molar-refractivity contribution in [2.24, 2.45) is 34.0 Å². The van der Waals surface area contributed by atoms with Gasteiger partial charge >= 0.3 is 5.97 Å². The first-order chi connectivity index (χ1) is 32.9. The number of carboxylic acids is 1. The number of nitrogens with zero attached hydrogens (tertiary/aromatic N) is 2. The largest absolute Gasteiger partial charge is 0.508 e. The third kappa shape index (κ3) is 21.7. The van der Waals surface area contributed by atoms with Crippen molar-refractivity contribution >= 4 is 59.2 Å². The molecule has 0 aliphatic rings. The van der Waals surface area contributed by atoms with E-state index in [4.69, 9.17) is 17.2 Å². The fourth-order valence-corrected chi connectivity index (χ4v) is 6.60. The van der Waals surface area contributed by atoms with Gasteiger partial charge in [0.1, 0.15) is 48.0 Å². The number of phenols is 1. The van der Waals surface area contributed by atoms with Gasteiger partial charge in [-0.15, -0.1) is 0 Å². The Labute approximate surface area is 405 Å². The van der Waals surface area contributed by atoms with Gasteiger partial charge in [-0.2, -0.15) is 0 Å². The van der Waals surface area contributed by atoms with Gasteiger partial charge in [-0.05, 0) is 75.5 Å². The maximum atomic E-state index is 13.9. The van der Waals surface area contributed by atoms with E-state index in [1.165, 1.54) is 38.5 Å². The van der Waals surface area contributed by atoms with Crippen molar-refractivity contribution in [3.8, 4) is 5.75 Å². The lowest BCUT2D eigenvalue weighted by Gasteiger charge is -2.26. The summed E-state index contributed by atoms with van der Waals surface area (Å²) in [7, 11) is 0. The number of hydrogen-bond donors (Lipinski definition) is 15. The molecule has 0 radical (unpaired) electrons. The van der Waals surface area contributed by atoms with Crippen LogP contribution < -0.4 is 59.7 Å². The number of aliphatic hydroxyl groups excluding tert-OH is 1. The molecule has 388 valence electrons. The topological polar surface area (TPSA) is 430 Å². The Kier molecular flexibility index (Phi) is 24.8. The minimum absolute atomic E-state index is 0.000875. The Morgan fingerprint density at radius 3 is 1.70 bits per heavy atom. The molecule has 0 fully saturated rings. The van der Waals surface area contributed by atoms with Gasteiger partial charge in [-0.1, -0.05) is 39.8 Å². The van der Waals surface area contributed by atoms with Gasteiger partial charge < -0.3 is 80.0 Å². The molecule has 1 heterocycles. The number of nitrogens with two attached hydrogens (primary N) is 3. The van der Waals surface area contributed by atoms with Crippen LogP contribution in [0.2, 0.25) is 0 Å². The fourth-order valence-electron chi connectivity index (χ4n) is 6.60. The predicted octanol–water partition coefficient (Wildman–Crippen LogP) is -4.00. The molecule has 0 aliphatic heterocycles. The molecule has 0 saturated carbocycles. The van der Waals surface area contributed by atoms with Crippen molar-refractivity contribution in [2.45, 2.75) is 128 Å². The standard InChI is InChI=1S/C44H70N14O12/c1-22(2)14-31(39(65)50-19-35(61)54-32(15-23(3)4)40(66)53-25(6)36(62)55-30(43(69)70)8-7-13-49-44(46)47)56-41(67)33(17-27-18-48-21-51-27)57-42(68)34(20-59)58-37(63)24(5)52-38(64)29(45)16-26-9-11-28(60)12-10-26/h9-12,18,21-25,29-34,59-60H,7-8,13-17,19-20,45H2,1-6H3,(H,48,51)(H,50,65)(H,52,64)(H,53,66)(H,54,61)(H,55,62)(H,56,67)(H,57,68)(H,58,63)(H,69,70)(H4,46,47,49)/t24-,25-,29-,30-,31-,32-,33-,34-/m0/s1. The van der Waals surface area contributed by atoms with Crippen molar-refractivity contribution in [1.82, 2.24) is 52.5 Å². The first-order valence-electron chi connectivity index (χ1n) is 22.7. The summed E-state index contributed by atoms with van der Waals surface area (Å²) in [6, 6.07) is -4.22. The Balaban J connectivity index is 2.10. The van der Waals surface area contributed by atoms with Crippen LogP contribution in [0.5, 0.6) is 5.75 Å². The Hall–Kier alpha value is -7.35. The minimum Gasteiger partial charge on any atom is -0.508 e. The molecule has 2 aromatic rings. The summed E-state index contributed by atoms with van der Waals surface area (Å²) in [6.07, 6.45) is 3.06. The SMILES string of the molecule is CC(C)C[C@H](NC(=O)CNC(=O)[C@H](CC(C)C)NC(=O)[C@H](Cc1cnc[nH]1)NC(=O)[C@H](CO)NC(=O)[C@H](C)NC(=O)[C@@H](N)Cc1ccc(O)cc1)C(=O)N[C@@H](C)C(=O)N[C@@H](CCCN=C(N)N)C(=O)O. The van der Waals surface area contributed by atoms with E-state index in [2.05, 4.69) is 57.5 Å². The number of imidazole rings is 1. The number of carboxylic acid groups (broad SMARTS) is 1. The molecule has 0 unspecified atom stereocenters. The van der Waals surface area contributed by atoms with Gasteiger partial charge in [0.05, 0.1) is 25.5 Å². The second-order valence-electron chi connectivity index (χ2n) is 17.5.